The summed E-state index contributed by atoms with van der Waals surface area (Å²) in [5.41, 5.74) is 1.42. The van der Waals surface area contributed by atoms with Crippen LogP contribution in [-0.4, -0.2) is 33.3 Å². The van der Waals surface area contributed by atoms with Gasteiger partial charge in [-0.2, -0.15) is 0 Å². The average Bonchev–Trinajstić information content (AvgIpc) is 3.30. The number of hydrogen-bond acceptors (Lipinski definition) is 6. The van der Waals surface area contributed by atoms with Crippen molar-refractivity contribution in [3.63, 3.8) is 0 Å². The summed E-state index contributed by atoms with van der Waals surface area (Å²) in [5.74, 6) is 0.757. The molecule has 0 aromatic heterocycles. The van der Waals surface area contributed by atoms with E-state index in [1.165, 1.54) is 0 Å². The Morgan fingerprint density at radius 1 is 1.06 bits per heavy atom. The van der Waals surface area contributed by atoms with Crippen LogP contribution in [-0.2, 0) is 11.2 Å². The summed E-state index contributed by atoms with van der Waals surface area (Å²) in [6, 6.07) is 6.62. The van der Waals surface area contributed by atoms with Gasteiger partial charge in [0.15, 0.2) is 5.78 Å². The summed E-state index contributed by atoms with van der Waals surface area (Å²) >= 11 is 0. The highest BCUT2D eigenvalue weighted by molar-refractivity contribution is 6.05. The van der Waals surface area contributed by atoms with Gasteiger partial charge in [0.2, 0.25) is 0 Å². The minimum absolute atomic E-state index is 0.0318. The number of ketones is 1. The van der Waals surface area contributed by atoms with Gasteiger partial charge in [0.25, 0.3) is 0 Å². The van der Waals surface area contributed by atoms with E-state index in [0.29, 0.717) is 23.5 Å². The molecule has 2 aromatic carbocycles. The predicted molar refractivity (Wildman–Crippen MR) is 115 cm³/mol. The van der Waals surface area contributed by atoms with Gasteiger partial charge in [-0.1, -0.05) is 12.1 Å². The van der Waals surface area contributed by atoms with Crippen molar-refractivity contribution in [2.75, 3.05) is 0 Å². The van der Waals surface area contributed by atoms with Crippen molar-refractivity contribution in [1.29, 1.82) is 0 Å². The molecule has 0 saturated carbocycles. The highest BCUT2D eigenvalue weighted by atomic mass is 16.6. The van der Waals surface area contributed by atoms with Gasteiger partial charge in [0.05, 0.1) is 23.7 Å². The Hall–Kier alpha value is -2.99. The van der Waals surface area contributed by atoms with Gasteiger partial charge < -0.3 is 24.4 Å². The summed E-state index contributed by atoms with van der Waals surface area (Å²) in [4.78, 5) is 13.2. The lowest BCUT2D eigenvalue weighted by Crippen LogP contribution is -2.30. The Morgan fingerprint density at radius 3 is 2.39 bits per heavy atom. The fourth-order valence-electron chi connectivity index (χ4n) is 4.33. The fourth-order valence-corrected chi connectivity index (χ4v) is 4.33. The van der Waals surface area contributed by atoms with E-state index in [-0.39, 0.29) is 41.0 Å². The molecule has 2 aromatic rings. The molecule has 0 radical (unpaired) electrons. The van der Waals surface area contributed by atoms with Crippen molar-refractivity contribution in [3.05, 3.63) is 52.6 Å². The molecule has 0 bridgehead atoms. The smallest absolute Gasteiger partial charge is 0.174 e. The second-order valence-electron chi connectivity index (χ2n) is 9.55. The van der Waals surface area contributed by atoms with E-state index in [1.807, 2.05) is 39.8 Å². The van der Waals surface area contributed by atoms with Crippen LogP contribution in [0.4, 0.5) is 0 Å². The van der Waals surface area contributed by atoms with E-state index in [0.717, 1.165) is 11.1 Å². The number of carbonyl (C=O) groups excluding carboxylic acids is 1. The van der Waals surface area contributed by atoms with Crippen molar-refractivity contribution in [3.8, 4) is 23.0 Å². The maximum Gasteiger partial charge on any atom is 0.174 e. The lowest BCUT2D eigenvalue weighted by molar-refractivity contribution is 0.0838. The van der Waals surface area contributed by atoms with Crippen LogP contribution >= 0.6 is 0 Å². The van der Waals surface area contributed by atoms with Crippen LogP contribution in [0.15, 0.2) is 30.3 Å². The predicted octanol–water partition coefficient (Wildman–Crippen LogP) is 4.71. The van der Waals surface area contributed by atoms with Crippen LogP contribution < -0.4 is 9.47 Å². The lowest BCUT2D eigenvalue weighted by Gasteiger charge is -2.34. The Bertz CT molecular complexity index is 1110. The Balaban J connectivity index is 1.66. The van der Waals surface area contributed by atoms with E-state index < -0.39 is 11.7 Å². The summed E-state index contributed by atoms with van der Waals surface area (Å²) < 4.78 is 18.4. The SMILES string of the molecule is CC1(C)C=Cc2c(O)c3c(c(CC4OC4(C)C)c2O1)O[C@H](c1ccc(O)cc1)CC3=O. The number of carbonyl (C=O) groups is 1. The molecule has 0 spiro atoms. The first-order valence-electron chi connectivity index (χ1n) is 10.5. The van der Waals surface area contributed by atoms with E-state index in [1.54, 1.807) is 24.3 Å². The van der Waals surface area contributed by atoms with Gasteiger partial charge in [-0.05, 0) is 57.5 Å². The molecule has 2 atom stereocenters. The molecular formula is C25H26O6. The third kappa shape index (κ3) is 3.35. The van der Waals surface area contributed by atoms with Crippen LogP contribution in [0.2, 0.25) is 0 Å². The first kappa shape index (κ1) is 19.9. The normalized spacial score (nSPS) is 24.6. The number of Topliss-reactive ketones (excluding diaryl/α,β-unsaturated/α-hetero) is 1. The van der Waals surface area contributed by atoms with E-state index in [2.05, 4.69) is 0 Å². The van der Waals surface area contributed by atoms with Crippen LogP contribution in [0, 0.1) is 0 Å². The van der Waals surface area contributed by atoms with Crippen LogP contribution in [0.3, 0.4) is 0 Å². The molecule has 3 aliphatic heterocycles. The number of fused-ring (bicyclic) bond motifs is 2. The number of hydrogen-bond donors (Lipinski definition) is 2. The van der Waals surface area contributed by atoms with Crippen molar-refractivity contribution in [2.24, 2.45) is 0 Å². The first-order chi connectivity index (χ1) is 14.6. The maximum absolute atomic E-state index is 13.2. The second kappa shape index (κ2) is 6.50. The Kier molecular flexibility index (Phi) is 4.18. The molecule has 5 rings (SSSR count). The van der Waals surface area contributed by atoms with Crippen LogP contribution in [0.25, 0.3) is 6.08 Å². The molecular weight excluding hydrogens is 396 g/mol. The number of phenols is 2. The molecule has 1 saturated heterocycles. The van der Waals surface area contributed by atoms with Crippen LogP contribution in [0.1, 0.15) is 67.3 Å². The molecule has 1 unspecified atom stereocenters. The number of phenolic OH excluding ortho intramolecular Hbond substituents is 2. The fraction of sp³-hybridized carbons (Fsp3) is 0.400. The number of epoxide rings is 1. The zero-order valence-electron chi connectivity index (χ0n) is 18.1. The summed E-state index contributed by atoms with van der Waals surface area (Å²) in [6.45, 7) is 7.92. The molecule has 31 heavy (non-hydrogen) atoms. The van der Waals surface area contributed by atoms with Gasteiger partial charge in [-0.25, -0.2) is 0 Å². The Labute approximate surface area is 181 Å². The molecule has 6 nitrogen and oxygen atoms in total. The summed E-state index contributed by atoms with van der Waals surface area (Å²) in [7, 11) is 0. The third-order valence-electron chi connectivity index (χ3n) is 6.26. The second-order valence-corrected chi connectivity index (χ2v) is 9.55. The molecule has 0 aliphatic carbocycles. The highest BCUT2D eigenvalue weighted by Gasteiger charge is 2.49. The minimum atomic E-state index is -0.558. The zero-order chi connectivity index (χ0) is 22.1. The topological polar surface area (TPSA) is 88.5 Å². The van der Waals surface area contributed by atoms with Crippen molar-refractivity contribution < 1.29 is 29.2 Å². The number of benzene rings is 2. The molecule has 2 N–H and O–H groups in total. The summed E-state index contributed by atoms with van der Waals surface area (Å²) in [5, 5.41) is 20.6. The van der Waals surface area contributed by atoms with Gasteiger partial charge >= 0.3 is 0 Å². The molecule has 3 aliphatic rings. The first-order valence-corrected chi connectivity index (χ1v) is 10.5. The minimum Gasteiger partial charge on any atom is -0.508 e. The molecule has 162 valence electrons. The van der Waals surface area contributed by atoms with E-state index in [4.69, 9.17) is 14.2 Å². The third-order valence-corrected chi connectivity index (χ3v) is 6.26. The quantitative estimate of drug-likeness (QED) is 0.697. The number of aromatic hydroxyl groups is 2. The van der Waals surface area contributed by atoms with Crippen LogP contribution in [0.5, 0.6) is 23.0 Å². The van der Waals surface area contributed by atoms with Gasteiger partial charge in [0.1, 0.15) is 40.3 Å². The molecule has 3 heterocycles. The monoisotopic (exact) mass is 422 g/mol. The zero-order valence-corrected chi connectivity index (χ0v) is 18.1. The molecule has 1 fully saturated rings. The highest BCUT2D eigenvalue weighted by Crippen LogP contribution is 2.53. The van der Waals surface area contributed by atoms with Gasteiger partial charge in [0, 0.05) is 12.0 Å². The lowest BCUT2D eigenvalue weighted by atomic mass is 9.87. The van der Waals surface area contributed by atoms with Gasteiger partial charge in [-0.3, -0.25) is 4.79 Å². The standard InChI is InChI=1S/C25H26O6/c1-24(2)10-9-15-21(28)20-17(27)12-18(13-5-7-14(26)8-6-13)29-23(20)16(22(15)31-24)11-19-25(3,4)30-19/h5-10,18-19,26,28H,11-12H2,1-4H3/t18-,19?/m0/s1. The number of rotatable bonds is 3. The van der Waals surface area contributed by atoms with E-state index >= 15 is 0 Å². The number of ether oxygens (including phenoxy) is 3. The Morgan fingerprint density at radius 2 is 1.74 bits per heavy atom. The largest absolute Gasteiger partial charge is 0.508 e. The average molecular weight is 422 g/mol. The van der Waals surface area contributed by atoms with Crippen molar-refractivity contribution in [1.82, 2.24) is 0 Å². The van der Waals surface area contributed by atoms with Crippen molar-refractivity contribution in [2.45, 2.75) is 63.9 Å². The summed E-state index contributed by atoms with van der Waals surface area (Å²) in [6.07, 6.45) is 3.75. The van der Waals surface area contributed by atoms with E-state index in [9.17, 15) is 15.0 Å². The maximum atomic E-state index is 13.2. The van der Waals surface area contributed by atoms with Crippen molar-refractivity contribution >= 4 is 11.9 Å². The molecule has 6 heteroatoms. The molecule has 0 amide bonds. The van der Waals surface area contributed by atoms with Gasteiger partial charge in [-0.15, -0.1) is 0 Å².